The van der Waals surface area contributed by atoms with Crippen molar-refractivity contribution in [3.05, 3.63) is 75.0 Å². The summed E-state index contributed by atoms with van der Waals surface area (Å²) in [5, 5.41) is 10.6. The fraction of sp³-hybridized carbons (Fsp3) is 0.474. The Labute approximate surface area is 305 Å². The third-order valence-corrected chi connectivity index (χ3v) is 12.6. The van der Waals surface area contributed by atoms with Crippen LogP contribution in [0.3, 0.4) is 0 Å². The van der Waals surface area contributed by atoms with Crippen LogP contribution in [0.25, 0.3) is 11.1 Å². The lowest BCUT2D eigenvalue weighted by molar-refractivity contribution is -0.106. The van der Waals surface area contributed by atoms with E-state index >= 15 is 4.39 Å². The topological polar surface area (TPSA) is 95.0 Å². The van der Waals surface area contributed by atoms with Gasteiger partial charge in [-0.15, -0.1) is 0 Å². The van der Waals surface area contributed by atoms with Crippen LogP contribution in [0.5, 0.6) is 5.75 Å². The van der Waals surface area contributed by atoms with Crippen molar-refractivity contribution in [1.29, 1.82) is 0 Å². The lowest BCUT2D eigenvalue weighted by atomic mass is 9.59. The molecule has 1 aliphatic carbocycles. The van der Waals surface area contributed by atoms with Gasteiger partial charge in [-0.3, -0.25) is 9.69 Å². The molecule has 2 bridgehead atoms. The summed E-state index contributed by atoms with van der Waals surface area (Å²) in [7, 11) is 1.78. The van der Waals surface area contributed by atoms with Gasteiger partial charge in [-0.05, 0) is 49.9 Å². The summed E-state index contributed by atoms with van der Waals surface area (Å²) < 4.78 is 33.1. The predicted octanol–water partition coefficient (Wildman–Crippen LogP) is 6.16. The lowest BCUT2D eigenvalue weighted by Crippen LogP contribution is -2.70. The van der Waals surface area contributed by atoms with E-state index < -0.39 is 11.8 Å². The second-order valence-electron chi connectivity index (χ2n) is 15.1. The molecule has 2 unspecified atom stereocenters. The van der Waals surface area contributed by atoms with Crippen molar-refractivity contribution in [2.45, 2.75) is 56.5 Å². The van der Waals surface area contributed by atoms with Gasteiger partial charge in [0, 0.05) is 67.1 Å². The maximum absolute atomic E-state index is 15.7. The van der Waals surface area contributed by atoms with Crippen LogP contribution < -0.4 is 14.5 Å². The van der Waals surface area contributed by atoms with Crippen molar-refractivity contribution >= 4 is 46.5 Å². The van der Waals surface area contributed by atoms with E-state index in [4.69, 9.17) is 37.4 Å². The number of fused-ring (bicyclic) bond motifs is 3. The van der Waals surface area contributed by atoms with Crippen molar-refractivity contribution < 1.29 is 33.3 Å². The molecule has 1 N–H and O–H groups in total. The number of likely N-dealkylation sites (tertiary alicyclic amines) is 1. The smallest absolute Gasteiger partial charge is 0.337 e. The number of ether oxygens (including phenoxy) is 3. The zero-order valence-electron chi connectivity index (χ0n) is 28.2. The minimum Gasteiger partial charge on any atom is -0.478 e. The number of hydrogen-bond acceptors (Lipinski definition) is 8. The van der Waals surface area contributed by atoms with Gasteiger partial charge in [0.15, 0.2) is 6.73 Å². The molecule has 1 saturated carbocycles. The Bertz CT molecular complexity index is 1890. The van der Waals surface area contributed by atoms with Gasteiger partial charge in [0.2, 0.25) is 0 Å². The highest BCUT2D eigenvalue weighted by Crippen LogP contribution is 2.53. The molecule has 5 aliphatic heterocycles. The molecule has 268 valence electrons. The minimum atomic E-state index is -1.18. The molecule has 9 rings (SSSR count). The molecular weight excluding hydrogens is 698 g/mol. The molecule has 1 spiro atoms. The molecule has 3 aromatic carbocycles. The molecule has 51 heavy (non-hydrogen) atoms. The van der Waals surface area contributed by atoms with Gasteiger partial charge in [0.05, 0.1) is 64.8 Å². The van der Waals surface area contributed by atoms with Crippen LogP contribution in [0.1, 0.15) is 52.0 Å². The number of hydrogen-bond donors (Lipinski definition) is 1. The van der Waals surface area contributed by atoms with E-state index in [1.807, 2.05) is 18.2 Å². The number of halogens is 3. The van der Waals surface area contributed by atoms with E-state index in [0.29, 0.717) is 53.3 Å². The SMILES string of the molecule is COC1CN(C2CC3(C2)CN(c2cc(Cl)c(C(=O)N4COc5c(cccc5-c5cc(N6C7CCC6COC7)c(C(=O)O)cc5F)C4)c(Cl)c2)C3)C1. The van der Waals surface area contributed by atoms with Crippen molar-refractivity contribution in [3.63, 3.8) is 0 Å². The Balaban J connectivity index is 0.914. The number of carbonyl (C=O) groups is 2. The molecule has 5 fully saturated rings. The Morgan fingerprint density at radius 3 is 2.35 bits per heavy atom. The second kappa shape index (κ2) is 12.5. The van der Waals surface area contributed by atoms with Crippen LogP contribution in [0, 0.1) is 11.2 Å². The molecule has 4 saturated heterocycles. The second-order valence-corrected chi connectivity index (χ2v) is 15.9. The maximum Gasteiger partial charge on any atom is 0.337 e. The molecule has 0 aromatic heterocycles. The summed E-state index contributed by atoms with van der Waals surface area (Å²) in [6.07, 6.45) is 4.51. The van der Waals surface area contributed by atoms with E-state index in [0.717, 1.165) is 50.8 Å². The Morgan fingerprint density at radius 2 is 1.69 bits per heavy atom. The maximum atomic E-state index is 15.7. The summed E-state index contributed by atoms with van der Waals surface area (Å²) >= 11 is 13.5. The molecular formula is C38H39Cl2FN4O6. The van der Waals surface area contributed by atoms with Crippen LogP contribution in [0.4, 0.5) is 15.8 Å². The number of rotatable bonds is 7. The fourth-order valence-corrected chi connectivity index (χ4v) is 9.85. The minimum absolute atomic E-state index is 0.0338. The quantitative estimate of drug-likeness (QED) is 0.306. The Morgan fingerprint density at radius 1 is 0.980 bits per heavy atom. The van der Waals surface area contributed by atoms with E-state index in [9.17, 15) is 14.7 Å². The number of methoxy groups -OCH3 is 1. The highest BCUT2D eigenvalue weighted by atomic mass is 35.5. The van der Waals surface area contributed by atoms with Gasteiger partial charge in [0.25, 0.3) is 5.91 Å². The normalized spacial score (nSPS) is 24.1. The molecule has 5 heterocycles. The summed E-state index contributed by atoms with van der Waals surface area (Å²) in [5.74, 6) is -1.76. The monoisotopic (exact) mass is 736 g/mol. The van der Waals surface area contributed by atoms with Gasteiger partial charge < -0.3 is 34.0 Å². The number of carboxylic acids is 1. The van der Waals surface area contributed by atoms with Crippen LogP contribution in [-0.4, -0.2) is 104 Å². The standard InChI is InChI=1S/C38H39Cl2FN4O6/c1-49-26-14-42(15-26)25-11-38(12-25)18-44(19-38)24-7-30(39)34(31(40)8-24)36(46)43-13-21-3-2-4-27(35(21)51-20-43)28-10-33(29(37(47)48)9-32(28)41)45-22-5-6-23(45)17-50-16-22/h2-4,7-10,22-23,25-26H,5-6,11-20H2,1H3,(H,47,48). The highest BCUT2D eigenvalue weighted by molar-refractivity contribution is 6.40. The summed E-state index contributed by atoms with van der Waals surface area (Å²) in [4.78, 5) is 34.5. The van der Waals surface area contributed by atoms with Crippen molar-refractivity contribution in [2.75, 3.05) is 63.0 Å². The number of carboxylic acid groups (broad SMARTS) is 1. The number of amides is 1. The fourth-order valence-electron chi connectivity index (χ4n) is 9.21. The van der Waals surface area contributed by atoms with Crippen LogP contribution in [-0.2, 0) is 16.0 Å². The summed E-state index contributed by atoms with van der Waals surface area (Å²) in [6.45, 7) is 5.04. The zero-order valence-corrected chi connectivity index (χ0v) is 29.8. The van der Waals surface area contributed by atoms with E-state index in [-0.39, 0.29) is 58.0 Å². The van der Waals surface area contributed by atoms with Crippen LogP contribution >= 0.6 is 23.2 Å². The first-order valence-corrected chi connectivity index (χ1v) is 18.3. The van der Waals surface area contributed by atoms with Gasteiger partial charge >= 0.3 is 5.97 Å². The van der Waals surface area contributed by atoms with Gasteiger partial charge in [-0.25, -0.2) is 9.18 Å². The Hall–Kier alpha value is -3.61. The molecule has 10 nitrogen and oxygen atoms in total. The van der Waals surface area contributed by atoms with Gasteiger partial charge in [0.1, 0.15) is 11.6 Å². The molecule has 3 aromatic rings. The van der Waals surface area contributed by atoms with E-state index in [2.05, 4.69) is 14.7 Å². The molecule has 0 radical (unpaired) electrons. The third-order valence-electron chi connectivity index (χ3n) is 12.0. The zero-order chi connectivity index (χ0) is 35.2. The number of nitrogens with zero attached hydrogens (tertiary/aromatic N) is 4. The first-order chi connectivity index (χ1) is 24.6. The Kier molecular flexibility index (Phi) is 8.16. The lowest BCUT2D eigenvalue weighted by Gasteiger charge is -2.63. The van der Waals surface area contributed by atoms with Crippen LogP contribution in [0.15, 0.2) is 42.5 Å². The number of para-hydroxylation sites is 1. The number of benzene rings is 3. The average molecular weight is 738 g/mol. The highest BCUT2D eigenvalue weighted by Gasteiger charge is 2.55. The third kappa shape index (κ3) is 5.55. The number of aromatic carboxylic acids is 1. The molecule has 2 atom stereocenters. The van der Waals surface area contributed by atoms with Crippen molar-refractivity contribution in [2.24, 2.45) is 5.41 Å². The number of anilines is 2. The molecule has 6 aliphatic rings. The molecule has 1 amide bonds. The summed E-state index contributed by atoms with van der Waals surface area (Å²) in [5.41, 5.74) is 3.27. The first-order valence-electron chi connectivity index (χ1n) is 17.6. The number of morpholine rings is 1. The van der Waals surface area contributed by atoms with Crippen molar-refractivity contribution in [3.8, 4) is 16.9 Å². The number of carbonyl (C=O) groups excluding carboxylic acids is 1. The largest absolute Gasteiger partial charge is 0.478 e. The first kappa shape index (κ1) is 33.2. The van der Waals surface area contributed by atoms with E-state index in [1.165, 1.54) is 17.7 Å². The predicted molar refractivity (Wildman–Crippen MR) is 191 cm³/mol. The van der Waals surface area contributed by atoms with E-state index in [1.54, 1.807) is 25.3 Å². The molecule has 13 heteroatoms. The van der Waals surface area contributed by atoms with Crippen LogP contribution in [0.2, 0.25) is 10.0 Å². The van der Waals surface area contributed by atoms with Gasteiger partial charge in [-0.2, -0.15) is 0 Å². The van der Waals surface area contributed by atoms with Gasteiger partial charge in [-0.1, -0.05) is 41.4 Å². The summed E-state index contributed by atoms with van der Waals surface area (Å²) in [6, 6.07) is 12.4. The average Bonchev–Trinajstić information content (AvgIpc) is 3.29. The van der Waals surface area contributed by atoms with Crippen molar-refractivity contribution in [1.82, 2.24) is 9.80 Å².